The van der Waals surface area contributed by atoms with E-state index in [-0.39, 0.29) is 0 Å². The molecule has 0 bridgehead atoms. The van der Waals surface area contributed by atoms with Crippen molar-refractivity contribution in [2.75, 3.05) is 0 Å². The van der Waals surface area contributed by atoms with Gasteiger partial charge in [0.1, 0.15) is 6.33 Å². The summed E-state index contributed by atoms with van der Waals surface area (Å²) in [5, 5.41) is 0.665. The Morgan fingerprint density at radius 3 is 2.92 bits per heavy atom. The number of hydrogen-bond donors (Lipinski definition) is 0. The lowest BCUT2D eigenvalue weighted by molar-refractivity contribution is 1.04. The molecule has 0 atom stereocenters. The van der Waals surface area contributed by atoms with Gasteiger partial charge in [-0.15, -0.1) is 0 Å². The maximum absolute atomic E-state index is 5.81. The quantitative estimate of drug-likeness (QED) is 0.691. The zero-order valence-corrected chi connectivity index (χ0v) is 7.36. The van der Waals surface area contributed by atoms with Crippen LogP contribution < -0.4 is 0 Å². The van der Waals surface area contributed by atoms with E-state index >= 15 is 0 Å². The minimum absolute atomic E-state index is 0.581. The van der Waals surface area contributed by atoms with Crippen molar-refractivity contribution in [3.63, 3.8) is 0 Å². The van der Waals surface area contributed by atoms with Crippen LogP contribution in [0, 0.1) is 6.33 Å². The van der Waals surface area contributed by atoms with Crippen LogP contribution in [0.3, 0.4) is 0 Å². The molecule has 2 aromatic rings. The Labute approximate surface area is 80.5 Å². The van der Waals surface area contributed by atoms with Crippen LogP contribution in [0.15, 0.2) is 30.6 Å². The lowest BCUT2D eigenvalue weighted by Crippen LogP contribution is -1.88. The number of hydrogen-bond acceptors (Lipinski definition) is 3. The van der Waals surface area contributed by atoms with E-state index in [1.807, 2.05) is 12.1 Å². The molecule has 1 aromatic heterocycles. The molecule has 4 heteroatoms. The van der Waals surface area contributed by atoms with Crippen molar-refractivity contribution < 1.29 is 0 Å². The maximum atomic E-state index is 5.81. The fourth-order valence-corrected chi connectivity index (χ4v) is 1.17. The Morgan fingerprint density at radius 2 is 2.23 bits per heavy atom. The topological polar surface area (TPSA) is 38.7 Å². The highest BCUT2D eigenvalue weighted by atomic mass is 35.5. The molecular weight excluding hydrogens is 186 g/mol. The molecule has 0 aliphatic carbocycles. The average Bonchev–Trinajstić information content (AvgIpc) is 2.19. The first-order chi connectivity index (χ1) is 6.36. The summed E-state index contributed by atoms with van der Waals surface area (Å²) in [5.74, 6) is 0.581. The lowest BCUT2D eigenvalue weighted by atomic mass is 10.2. The van der Waals surface area contributed by atoms with Crippen LogP contribution in [-0.2, 0) is 0 Å². The normalized spacial score (nSPS) is 9.92. The van der Waals surface area contributed by atoms with Gasteiger partial charge in [0.2, 0.25) is 6.33 Å². The fourth-order valence-electron chi connectivity index (χ4n) is 0.981. The van der Waals surface area contributed by atoms with E-state index in [0.29, 0.717) is 10.8 Å². The van der Waals surface area contributed by atoms with E-state index in [1.165, 1.54) is 6.33 Å². The second kappa shape index (κ2) is 3.49. The molecule has 2 rings (SSSR count). The van der Waals surface area contributed by atoms with Gasteiger partial charge in [0.05, 0.1) is 0 Å². The molecule has 0 N–H and O–H groups in total. The second-order valence-electron chi connectivity index (χ2n) is 2.42. The highest BCUT2D eigenvalue weighted by molar-refractivity contribution is 6.30. The molecule has 0 spiro atoms. The summed E-state index contributed by atoms with van der Waals surface area (Å²) in [6.07, 6.45) is 3.88. The molecule has 0 aliphatic rings. The Morgan fingerprint density at radius 1 is 1.31 bits per heavy atom. The first-order valence-electron chi connectivity index (χ1n) is 3.67. The van der Waals surface area contributed by atoms with E-state index in [2.05, 4.69) is 21.3 Å². The predicted molar refractivity (Wildman–Crippen MR) is 49.1 cm³/mol. The van der Waals surface area contributed by atoms with Crippen LogP contribution in [0.1, 0.15) is 0 Å². The minimum atomic E-state index is 0.581. The van der Waals surface area contributed by atoms with Crippen LogP contribution >= 0.6 is 11.6 Å². The van der Waals surface area contributed by atoms with Crippen molar-refractivity contribution in [3.05, 3.63) is 41.9 Å². The largest absolute Gasteiger partial charge is 0.217 e. The van der Waals surface area contributed by atoms with Gasteiger partial charge in [-0.25, -0.2) is 15.0 Å². The molecule has 0 fully saturated rings. The maximum Gasteiger partial charge on any atom is 0.201 e. The molecule has 0 amide bonds. The Bertz CT molecular complexity index is 403. The van der Waals surface area contributed by atoms with Crippen LogP contribution in [0.2, 0.25) is 5.02 Å². The molecular formula is C9H5ClN3. The van der Waals surface area contributed by atoms with Gasteiger partial charge in [-0.3, -0.25) is 0 Å². The number of aromatic nitrogens is 3. The molecule has 0 saturated heterocycles. The van der Waals surface area contributed by atoms with Gasteiger partial charge in [0, 0.05) is 10.6 Å². The van der Waals surface area contributed by atoms with Gasteiger partial charge in [0.25, 0.3) is 0 Å². The van der Waals surface area contributed by atoms with Crippen molar-refractivity contribution >= 4 is 11.6 Å². The van der Waals surface area contributed by atoms with Crippen molar-refractivity contribution in [2.24, 2.45) is 0 Å². The highest BCUT2D eigenvalue weighted by Gasteiger charge is 1.99. The summed E-state index contributed by atoms with van der Waals surface area (Å²) in [4.78, 5) is 11.5. The smallest absolute Gasteiger partial charge is 0.201 e. The number of rotatable bonds is 1. The molecule has 0 unspecified atom stereocenters. The van der Waals surface area contributed by atoms with E-state index < -0.39 is 0 Å². The van der Waals surface area contributed by atoms with Crippen LogP contribution in [0.5, 0.6) is 0 Å². The third kappa shape index (κ3) is 1.81. The van der Waals surface area contributed by atoms with Gasteiger partial charge < -0.3 is 0 Å². The SMILES string of the molecule is Clc1cccc(-c2n[c]ncn2)c1. The monoisotopic (exact) mass is 190 g/mol. The first kappa shape index (κ1) is 8.13. The summed E-state index contributed by atoms with van der Waals surface area (Å²) in [5.41, 5.74) is 0.867. The van der Waals surface area contributed by atoms with Crippen molar-refractivity contribution in [1.82, 2.24) is 15.0 Å². The molecule has 13 heavy (non-hydrogen) atoms. The molecule has 63 valence electrons. The first-order valence-corrected chi connectivity index (χ1v) is 4.05. The van der Waals surface area contributed by atoms with E-state index in [4.69, 9.17) is 11.6 Å². The van der Waals surface area contributed by atoms with Gasteiger partial charge >= 0.3 is 0 Å². The summed E-state index contributed by atoms with van der Waals surface area (Å²) in [7, 11) is 0. The zero-order chi connectivity index (χ0) is 9.10. The standard InChI is InChI=1S/C9H5ClN3/c10-8-3-1-2-7(4-8)9-12-5-11-6-13-9/h1-5H. The lowest BCUT2D eigenvalue weighted by Gasteiger charge is -1.97. The van der Waals surface area contributed by atoms with Gasteiger partial charge in [-0.1, -0.05) is 23.7 Å². The number of halogens is 1. The summed E-state index contributed by atoms with van der Waals surface area (Å²) in [6.45, 7) is 0. The van der Waals surface area contributed by atoms with Gasteiger partial charge in [-0.2, -0.15) is 0 Å². The molecule has 1 radical (unpaired) electrons. The van der Waals surface area contributed by atoms with E-state index in [1.54, 1.807) is 12.1 Å². The van der Waals surface area contributed by atoms with Crippen molar-refractivity contribution in [1.29, 1.82) is 0 Å². The second-order valence-corrected chi connectivity index (χ2v) is 2.86. The summed E-state index contributed by atoms with van der Waals surface area (Å²) < 4.78 is 0. The molecule has 1 aromatic carbocycles. The third-order valence-electron chi connectivity index (χ3n) is 1.53. The van der Waals surface area contributed by atoms with Crippen LogP contribution in [0.4, 0.5) is 0 Å². The average molecular weight is 191 g/mol. The van der Waals surface area contributed by atoms with E-state index in [9.17, 15) is 0 Å². The highest BCUT2D eigenvalue weighted by Crippen LogP contribution is 2.17. The van der Waals surface area contributed by atoms with Crippen LogP contribution in [0.25, 0.3) is 11.4 Å². The molecule has 1 heterocycles. The zero-order valence-electron chi connectivity index (χ0n) is 6.61. The third-order valence-corrected chi connectivity index (χ3v) is 1.77. The Balaban J connectivity index is 2.48. The van der Waals surface area contributed by atoms with Gasteiger partial charge in [0.15, 0.2) is 5.82 Å². The molecule has 3 nitrogen and oxygen atoms in total. The Kier molecular flexibility index (Phi) is 2.19. The Hall–Kier alpha value is -1.48. The summed E-state index contributed by atoms with van der Waals surface area (Å²) >= 11 is 5.81. The predicted octanol–water partition coefficient (Wildman–Crippen LogP) is 1.99. The minimum Gasteiger partial charge on any atom is -0.217 e. The van der Waals surface area contributed by atoms with Gasteiger partial charge in [-0.05, 0) is 12.1 Å². The van der Waals surface area contributed by atoms with Crippen molar-refractivity contribution in [2.45, 2.75) is 0 Å². The summed E-state index contributed by atoms with van der Waals surface area (Å²) in [6, 6.07) is 7.33. The number of nitrogens with zero attached hydrogens (tertiary/aromatic N) is 3. The van der Waals surface area contributed by atoms with Crippen LogP contribution in [-0.4, -0.2) is 15.0 Å². The van der Waals surface area contributed by atoms with Crippen molar-refractivity contribution in [3.8, 4) is 11.4 Å². The number of benzene rings is 1. The molecule has 0 aliphatic heterocycles. The molecule has 0 saturated carbocycles. The van der Waals surface area contributed by atoms with E-state index in [0.717, 1.165) is 5.56 Å². The fraction of sp³-hybridized carbons (Fsp3) is 0.